The van der Waals surface area contributed by atoms with Gasteiger partial charge < -0.3 is 125 Å². The smallest absolute Gasteiger partial charge is 0.449 e. The number of carbonyl (C=O) groups is 5. The molecule has 0 aromatic heterocycles. The first kappa shape index (κ1) is 152. The van der Waals surface area contributed by atoms with Gasteiger partial charge in [-0.3, -0.25) is 0 Å². The van der Waals surface area contributed by atoms with Crippen molar-refractivity contribution in [3.63, 3.8) is 0 Å². The Hall–Kier alpha value is -0.832. The zero-order chi connectivity index (χ0) is 110. The van der Waals surface area contributed by atoms with E-state index in [0.29, 0.717) is 57.4 Å². The van der Waals surface area contributed by atoms with Crippen molar-refractivity contribution < 1.29 is 125 Å². The lowest BCUT2D eigenvalue weighted by atomic mass is 10.9. The third-order valence-electron chi connectivity index (χ3n) is 21.2. The highest BCUT2D eigenvalue weighted by Gasteiger charge is 2.44. The molecule has 0 aliphatic rings. The number of hydrogen-bond acceptors (Lipinski definition) is 28. The van der Waals surface area contributed by atoms with Crippen LogP contribution in [0.5, 0.6) is 0 Å². The van der Waals surface area contributed by atoms with Crippen molar-refractivity contribution in [1.29, 1.82) is 0 Å². The van der Waals surface area contributed by atoms with Crippen LogP contribution in [0.1, 0.15) is 96.9 Å². The summed E-state index contributed by atoms with van der Waals surface area (Å²) in [7, 11) is -19.9. The van der Waals surface area contributed by atoms with Crippen molar-refractivity contribution in [1.82, 2.24) is 0 Å². The summed E-state index contributed by atoms with van der Waals surface area (Å²) in [6, 6.07) is 7.59. The van der Waals surface area contributed by atoms with E-state index in [9.17, 15) is 24.0 Å². The summed E-state index contributed by atoms with van der Waals surface area (Å²) in [5.74, 6) is 2.97. The Morgan fingerprint density at radius 3 is 0.558 bits per heavy atom. The van der Waals surface area contributed by atoms with Gasteiger partial charge in [0, 0.05) is 145 Å². The predicted octanol–water partition coefficient (Wildman–Crippen LogP) is 21.5. The van der Waals surface area contributed by atoms with E-state index in [1.54, 1.807) is 94.7 Å². The molecule has 0 N–H and O–H groups in total. The first-order valence-corrected chi connectivity index (χ1v) is 101. The molecule has 138 heavy (non-hydrogen) atoms. The number of carbonyl (C=O) groups excluding carboxylic acids is 5. The molecule has 0 aromatic rings. The van der Waals surface area contributed by atoms with Crippen molar-refractivity contribution in [2.45, 2.75) is 290 Å². The van der Waals surface area contributed by atoms with Gasteiger partial charge in [-0.1, -0.05) is 243 Å². The molecule has 0 heterocycles. The second-order valence-corrected chi connectivity index (χ2v) is 115. The Morgan fingerprint density at radius 2 is 0.355 bits per heavy atom. The average molecular weight is 2300 g/mol. The van der Waals surface area contributed by atoms with Gasteiger partial charge in [0.15, 0.2) is 33.3 Å². The molecule has 48 heteroatoms. The molecule has 0 unspecified atom stereocenters. The van der Waals surface area contributed by atoms with Gasteiger partial charge in [-0.25, -0.2) is 0 Å². The van der Waals surface area contributed by atoms with Crippen molar-refractivity contribution in [3.05, 3.63) is 114 Å². The number of hydrogen-bond donors (Lipinski definition) is 0. The van der Waals surface area contributed by atoms with Crippen LogP contribution in [0.25, 0.3) is 0 Å². The predicted molar refractivity (Wildman–Crippen MR) is 630 cm³/mol. The molecule has 0 radical (unpaired) electrons. The molecule has 0 saturated carbocycles. The summed E-state index contributed by atoms with van der Waals surface area (Å²) in [6.45, 7) is 86.5. The van der Waals surface area contributed by atoms with Crippen LogP contribution in [-0.4, -0.2) is 342 Å². The third-order valence-corrected chi connectivity index (χ3v) is 75.0. The molecule has 0 amide bonds. The van der Waals surface area contributed by atoms with Gasteiger partial charge in [0.2, 0.25) is 8.07 Å². The quantitative estimate of drug-likeness (QED) is 0.0403. The van der Waals surface area contributed by atoms with Crippen molar-refractivity contribution in [2.24, 2.45) is 0 Å². The molecular formula is C90H206O28Si20. The largest absolute Gasteiger partial charge is 0.528 e. The van der Waals surface area contributed by atoms with Gasteiger partial charge in [0.1, 0.15) is 29.5 Å². The Kier molecular flexibility index (Phi) is 83.7. The molecular weight excluding hydrogens is 2090 g/mol. The van der Waals surface area contributed by atoms with E-state index < -0.39 is 168 Å². The standard InChI is InChI=1S/C14H28O7Si4.C14H30O5Si4.C14H32O3Si2.2C11H26O3Si2.C10H24O2Si2.C8H20O3Si2.C8H20O2Si2/c1-18-25(19-2,20-3)11-9-23(6,7)21-22(4,5)8-10-24(12-15,13-16)14-17;1-17-23(8,18-2)12-10-21(5,6)19-20(3,4)9-11-22(7,13-15)14-16;1-7-15-19(16-8-2,17-9-3)14-13-18(10-4,11-5)12-6;1-7-12-16(13-8-2,14-9-3)11-10-15(4,5)6;1-7-15(8-2,9-3)10-11-16(12-4,13-5)14-6;1-7-11-14(6,12-8-2)10-9-13(3,4)5;1-9-13(10-2,11-3)8-7-12(4,5)6;1-9-12(6,10-2)8-7-11(3,4)5/h8-14H,1-7H3;9-14H,1-8H3;13-14H,7-12H2,1-6H3;2*10-11H,7-9H2,1-6H3;9-10H,7-8H2,1-6H3;7-8H,1-6H3;7-8H,1-6H3/b10-8+,11-9+;11-9+,12-10+;14-13+;2*11-10+;10-9+;2*8-7+. The minimum absolute atomic E-state index is 0.464. The van der Waals surface area contributed by atoms with Gasteiger partial charge in [-0.15, -0.1) is 0 Å². The summed E-state index contributed by atoms with van der Waals surface area (Å²) in [4.78, 5) is 55.4. The van der Waals surface area contributed by atoms with Crippen molar-refractivity contribution in [2.75, 3.05) is 145 Å². The van der Waals surface area contributed by atoms with Gasteiger partial charge >= 0.3 is 69.7 Å². The summed E-state index contributed by atoms with van der Waals surface area (Å²) >= 11 is 0. The summed E-state index contributed by atoms with van der Waals surface area (Å²) in [5, 5.41) is 0. The lowest BCUT2D eigenvalue weighted by molar-refractivity contribution is 0.0835. The summed E-state index contributed by atoms with van der Waals surface area (Å²) in [5.41, 5.74) is 41.2. The minimum Gasteiger partial charge on any atom is -0.449 e. The fourth-order valence-corrected chi connectivity index (χ4v) is 64.7. The maximum absolute atomic E-state index is 11.1. The Morgan fingerprint density at radius 1 is 0.174 bits per heavy atom. The first-order valence-electron chi connectivity index (χ1n) is 48.5. The highest BCUT2D eigenvalue weighted by molar-refractivity contribution is 7.35. The Balaban J connectivity index is -0.000000236. The van der Waals surface area contributed by atoms with Crippen LogP contribution in [-0.2, 0) is 125 Å². The molecule has 0 saturated heterocycles. The van der Waals surface area contributed by atoms with Crippen LogP contribution in [0.15, 0.2) is 114 Å². The zero-order valence-electron chi connectivity index (χ0n) is 96.8. The third kappa shape index (κ3) is 71.0. The molecule has 0 atom stereocenters. The van der Waals surface area contributed by atoms with Crippen LogP contribution in [0.2, 0.25) is 193 Å². The molecule has 0 spiro atoms. The zero-order valence-corrected chi connectivity index (χ0v) is 117. The minimum atomic E-state index is -3.29. The van der Waals surface area contributed by atoms with Crippen LogP contribution in [0.4, 0.5) is 0 Å². The van der Waals surface area contributed by atoms with E-state index in [1.165, 1.54) is 63.3 Å². The van der Waals surface area contributed by atoms with E-state index >= 15 is 0 Å². The Labute approximate surface area is 864 Å². The fourth-order valence-electron chi connectivity index (χ4n) is 11.7. The van der Waals surface area contributed by atoms with E-state index in [4.69, 9.17) is 101 Å². The first-order chi connectivity index (χ1) is 63.4. The van der Waals surface area contributed by atoms with Crippen LogP contribution >= 0.6 is 0 Å². The fraction of sp³-hybridized carbons (Fsp3) is 0.722. The average Bonchev–Trinajstić information content (AvgIpc) is 0.820. The SMILES string of the molecule is CCO[Si](/C=C/[Si](C)(C)C)(OCC)OCC.CCO[Si](/C=C/[Si](CC)(CC)CC)(OCC)OCC.CCO[Si](C)(/C=C/[Si](C)(C)C)OCC.CC[Si](/C=C/[Si](OC)(OC)OC)(CC)CC.CO[Si](/C=C/[Si](C)(C)C)(OC)OC.CO[Si](/C=C/[Si](C)(C)O[Si](C)(C)/C=C/[Si](C=O)(C=O)C=O)(OC)OC.CO[Si](C)(/C=C/[Si](C)(C)C)OC.CO[Si](C)(/C=C/[Si](C)(C)O[Si](C)(C)/C=C/[Si](C)(C=O)C=O)OC. The second kappa shape index (κ2) is 75.8. The molecule has 0 fully saturated rings. The van der Waals surface area contributed by atoms with E-state index in [0.717, 1.165) is 25.0 Å². The molecule has 0 bridgehead atoms. The van der Waals surface area contributed by atoms with Crippen LogP contribution < -0.4 is 0 Å². The van der Waals surface area contributed by atoms with Crippen molar-refractivity contribution in [3.8, 4) is 0 Å². The van der Waals surface area contributed by atoms with Crippen molar-refractivity contribution >= 4 is 197 Å². The van der Waals surface area contributed by atoms with Crippen LogP contribution in [0, 0.1) is 0 Å². The van der Waals surface area contributed by atoms with E-state index in [1.807, 2.05) is 117 Å². The normalized spacial score (nSPS) is 14.0. The van der Waals surface area contributed by atoms with Crippen LogP contribution in [0.3, 0.4) is 0 Å². The molecule has 0 rings (SSSR count). The van der Waals surface area contributed by atoms with Gasteiger partial charge in [-0.2, -0.15) is 0 Å². The molecule has 0 aliphatic carbocycles. The maximum Gasteiger partial charge on any atom is 0.528 e. The molecule has 0 aromatic carbocycles. The molecule has 28 nitrogen and oxygen atoms in total. The lowest BCUT2D eigenvalue weighted by Gasteiger charge is -2.31. The topological polar surface area (TPSA) is 298 Å². The Bertz CT molecular complexity index is 3350. The maximum atomic E-state index is 11.1. The summed E-state index contributed by atoms with van der Waals surface area (Å²) < 4.78 is 129. The lowest BCUT2D eigenvalue weighted by Crippen LogP contribution is -2.46. The van der Waals surface area contributed by atoms with Gasteiger partial charge in [-0.05, 0) is 162 Å². The number of rotatable bonds is 64. The molecule has 0 aliphatic heterocycles. The monoisotopic (exact) mass is 2300 g/mol. The van der Waals surface area contributed by atoms with E-state index in [-0.39, 0.29) is 0 Å². The van der Waals surface area contributed by atoms with Gasteiger partial charge in [0.05, 0.1) is 48.4 Å². The van der Waals surface area contributed by atoms with Gasteiger partial charge in [0.25, 0.3) is 8.07 Å². The molecule has 814 valence electrons. The summed E-state index contributed by atoms with van der Waals surface area (Å²) in [6.07, 6.45) is 0. The highest BCUT2D eigenvalue weighted by atomic mass is 28.4. The second-order valence-electron chi connectivity index (χ2n) is 39.4. The van der Waals surface area contributed by atoms with E-state index in [2.05, 4.69) is 221 Å². The highest BCUT2D eigenvalue weighted by Crippen LogP contribution is 2.28.